The topological polar surface area (TPSA) is 0 Å². The van der Waals surface area contributed by atoms with E-state index in [9.17, 15) is 0 Å². The predicted molar refractivity (Wildman–Crippen MR) is 88.3 cm³/mol. The van der Waals surface area contributed by atoms with Crippen LogP contribution in [0, 0.1) is 6.08 Å². The Morgan fingerprint density at radius 2 is 1.32 bits per heavy atom. The van der Waals surface area contributed by atoms with Gasteiger partial charge in [-0.2, -0.15) is 0 Å². The molecule has 0 aromatic carbocycles. The van der Waals surface area contributed by atoms with Crippen molar-refractivity contribution in [1.82, 2.24) is 0 Å². The summed E-state index contributed by atoms with van der Waals surface area (Å²) in [6.07, 6.45) is 26.5. The molecular formula is C19H35. The van der Waals surface area contributed by atoms with E-state index in [4.69, 9.17) is 0 Å². The van der Waals surface area contributed by atoms with Crippen LogP contribution < -0.4 is 0 Å². The molecule has 0 aromatic rings. The molecule has 0 heterocycles. The summed E-state index contributed by atoms with van der Waals surface area (Å²) in [5, 5.41) is 0. The Morgan fingerprint density at radius 3 is 1.95 bits per heavy atom. The van der Waals surface area contributed by atoms with Gasteiger partial charge in [-0.25, -0.2) is 0 Å². The zero-order chi connectivity index (χ0) is 14.0. The van der Waals surface area contributed by atoms with Gasteiger partial charge < -0.3 is 0 Å². The van der Waals surface area contributed by atoms with Crippen molar-refractivity contribution >= 4 is 0 Å². The van der Waals surface area contributed by atoms with Crippen LogP contribution in [-0.4, -0.2) is 0 Å². The quantitative estimate of drug-likeness (QED) is 0.220. The SMILES string of the molecule is C=CCCCCCCCCCC/[C]=C/CCCCC. The van der Waals surface area contributed by atoms with Crippen LogP contribution in [0.5, 0.6) is 0 Å². The molecule has 0 N–H and O–H groups in total. The van der Waals surface area contributed by atoms with Crippen molar-refractivity contribution in [3.8, 4) is 0 Å². The molecule has 0 atom stereocenters. The van der Waals surface area contributed by atoms with Gasteiger partial charge in [-0.1, -0.05) is 70.4 Å². The second-order valence-corrected chi connectivity index (χ2v) is 5.56. The third-order valence-electron chi connectivity index (χ3n) is 3.58. The Morgan fingerprint density at radius 1 is 0.737 bits per heavy atom. The first-order valence-electron chi connectivity index (χ1n) is 8.57. The average molecular weight is 263 g/mol. The normalized spacial score (nSPS) is 11.2. The Balaban J connectivity index is 3.00. The van der Waals surface area contributed by atoms with E-state index in [0.29, 0.717) is 0 Å². The van der Waals surface area contributed by atoms with Gasteiger partial charge in [0.1, 0.15) is 0 Å². The average Bonchev–Trinajstić information content (AvgIpc) is 2.43. The van der Waals surface area contributed by atoms with E-state index in [2.05, 4.69) is 25.7 Å². The molecule has 19 heavy (non-hydrogen) atoms. The maximum absolute atomic E-state index is 3.76. The molecule has 0 amide bonds. The molecule has 0 nitrogen and oxygen atoms in total. The first-order chi connectivity index (χ1) is 9.41. The van der Waals surface area contributed by atoms with E-state index in [1.54, 1.807) is 0 Å². The van der Waals surface area contributed by atoms with Crippen LogP contribution in [-0.2, 0) is 0 Å². The highest BCUT2D eigenvalue weighted by atomic mass is 14.0. The van der Waals surface area contributed by atoms with E-state index in [0.717, 1.165) is 0 Å². The van der Waals surface area contributed by atoms with Crippen molar-refractivity contribution in [1.29, 1.82) is 0 Å². The first-order valence-corrected chi connectivity index (χ1v) is 8.57. The molecule has 0 spiro atoms. The van der Waals surface area contributed by atoms with Crippen LogP contribution in [0.3, 0.4) is 0 Å². The van der Waals surface area contributed by atoms with E-state index >= 15 is 0 Å². The Bertz CT molecular complexity index is 190. The van der Waals surface area contributed by atoms with Crippen molar-refractivity contribution in [2.75, 3.05) is 0 Å². The highest BCUT2D eigenvalue weighted by Crippen LogP contribution is 2.11. The van der Waals surface area contributed by atoms with Gasteiger partial charge >= 0.3 is 0 Å². The molecule has 0 saturated heterocycles. The van der Waals surface area contributed by atoms with Gasteiger partial charge in [-0.05, 0) is 44.6 Å². The second-order valence-electron chi connectivity index (χ2n) is 5.56. The van der Waals surface area contributed by atoms with Gasteiger partial charge in [-0.15, -0.1) is 6.58 Å². The Kier molecular flexibility index (Phi) is 17.0. The molecule has 0 rings (SSSR count). The summed E-state index contributed by atoms with van der Waals surface area (Å²) < 4.78 is 0. The van der Waals surface area contributed by atoms with E-state index in [1.807, 2.05) is 6.08 Å². The Labute approximate surface area is 122 Å². The maximum atomic E-state index is 3.76. The fraction of sp³-hybridized carbons (Fsp3) is 0.789. The van der Waals surface area contributed by atoms with E-state index < -0.39 is 0 Å². The van der Waals surface area contributed by atoms with Crippen LogP contribution in [0.4, 0.5) is 0 Å². The van der Waals surface area contributed by atoms with Crippen LogP contribution in [0.15, 0.2) is 18.7 Å². The van der Waals surface area contributed by atoms with Gasteiger partial charge in [0.15, 0.2) is 0 Å². The zero-order valence-corrected chi connectivity index (χ0v) is 13.3. The van der Waals surface area contributed by atoms with Gasteiger partial charge in [0.25, 0.3) is 0 Å². The summed E-state index contributed by atoms with van der Waals surface area (Å²) in [6.45, 7) is 6.01. The van der Waals surface area contributed by atoms with Crippen molar-refractivity contribution < 1.29 is 0 Å². The lowest BCUT2D eigenvalue weighted by molar-refractivity contribution is 0.570. The van der Waals surface area contributed by atoms with Gasteiger partial charge in [-0.3, -0.25) is 0 Å². The minimum absolute atomic E-state index is 1.17. The molecule has 0 aromatic heterocycles. The second kappa shape index (κ2) is 17.5. The number of hydrogen-bond donors (Lipinski definition) is 0. The summed E-state index contributed by atoms with van der Waals surface area (Å²) in [7, 11) is 0. The zero-order valence-electron chi connectivity index (χ0n) is 13.3. The van der Waals surface area contributed by atoms with Gasteiger partial charge in [0.2, 0.25) is 0 Å². The third-order valence-corrected chi connectivity index (χ3v) is 3.58. The number of hydrogen-bond acceptors (Lipinski definition) is 0. The molecule has 0 fully saturated rings. The molecule has 111 valence electrons. The molecule has 0 heteroatoms. The number of unbranched alkanes of at least 4 members (excludes halogenated alkanes) is 12. The lowest BCUT2D eigenvalue weighted by Gasteiger charge is -2.00. The van der Waals surface area contributed by atoms with Crippen LogP contribution >= 0.6 is 0 Å². The molecule has 0 aliphatic rings. The van der Waals surface area contributed by atoms with Gasteiger partial charge in [0, 0.05) is 0 Å². The summed E-state index contributed by atoms with van der Waals surface area (Å²) >= 11 is 0. The summed E-state index contributed by atoms with van der Waals surface area (Å²) in [6, 6.07) is 0. The van der Waals surface area contributed by atoms with E-state index in [1.165, 1.54) is 89.9 Å². The minimum atomic E-state index is 1.17. The van der Waals surface area contributed by atoms with Crippen LogP contribution in [0.2, 0.25) is 0 Å². The van der Waals surface area contributed by atoms with Crippen molar-refractivity contribution in [2.24, 2.45) is 0 Å². The van der Waals surface area contributed by atoms with E-state index in [-0.39, 0.29) is 0 Å². The molecule has 0 aliphatic heterocycles. The fourth-order valence-electron chi connectivity index (χ4n) is 2.28. The fourth-order valence-corrected chi connectivity index (χ4v) is 2.28. The smallest absolute Gasteiger partial charge is 0.0279 e. The molecular weight excluding hydrogens is 228 g/mol. The monoisotopic (exact) mass is 263 g/mol. The largest absolute Gasteiger partial charge is 0.103 e. The summed E-state index contributed by atoms with van der Waals surface area (Å²) in [5.41, 5.74) is 0. The predicted octanol–water partition coefficient (Wildman–Crippen LogP) is 7.01. The van der Waals surface area contributed by atoms with Crippen LogP contribution in [0.25, 0.3) is 0 Å². The molecule has 0 unspecified atom stereocenters. The summed E-state index contributed by atoms with van der Waals surface area (Å²) in [4.78, 5) is 0. The first kappa shape index (κ1) is 18.5. The lowest BCUT2D eigenvalue weighted by Crippen LogP contribution is -1.81. The Hall–Kier alpha value is -0.520. The van der Waals surface area contributed by atoms with Crippen molar-refractivity contribution in [3.05, 3.63) is 24.8 Å². The molecule has 0 bridgehead atoms. The third kappa shape index (κ3) is 17.5. The highest BCUT2D eigenvalue weighted by molar-refractivity contribution is 4.73. The van der Waals surface area contributed by atoms with Crippen LogP contribution in [0.1, 0.15) is 96.8 Å². The van der Waals surface area contributed by atoms with Gasteiger partial charge in [0.05, 0.1) is 0 Å². The number of allylic oxidation sites excluding steroid dienone is 3. The molecule has 0 aliphatic carbocycles. The lowest BCUT2D eigenvalue weighted by atomic mass is 10.1. The molecule has 0 saturated carbocycles. The van der Waals surface area contributed by atoms with Crippen molar-refractivity contribution in [2.45, 2.75) is 96.8 Å². The summed E-state index contributed by atoms with van der Waals surface area (Å²) in [5.74, 6) is 0. The maximum Gasteiger partial charge on any atom is -0.0279 e. The minimum Gasteiger partial charge on any atom is -0.103 e. The molecule has 1 radical (unpaired) electrons. The number of rotatable bonds is 15. The standard InChI is InChI=1S/C19H35/c1-3-5-7-9-11-13-15-17-19-18-16-14-12-10-8-6-4-2/h3,12H,1,4-11,13,15-19H2,2H3. The highest BCUT2D eigenvalue weighted by Gasteiger charge is 1.91. The van der Waals surface area contributed by atoms with Crippen molar-refractivity contribution in [3.63, 3.8) is 0 Å².